The van der Waals surface area contributed by atoms with Gasteiger partial charge in [-0.15, -0.1) is 0 Å². The number of carboxylic acid groups (broad SMARTS) is 1. The molecule has 1 aliphatic heterocycles. The predicted molar refractivity (Wildman–Crippen MR) is 123 cm³/mol. The van der Waals surface area contributed by atoms with E-state index < -0.39 is 24.7 Å². The van der Waals surface area contributed by atoms with E-state index in [4.69, 9.17) is 14.6 Å². The highest BCUT2D eigenvalue weighted by molar-refractivity contribution is 9.10. The van der Waals surface area contributed by atoms with Gasteiger partial charge in [0.25, 0.3) is 0 Å². The van der Waals surface area contributed by atoms with Crippen molar-refractivity contribution < 1.29 is 24.2 Å². The molecule has 32 heavy (non-hydrogen) atoms. The summed E-state index contributed by atoms with van der Waals surface area (Å²) >= 11 is 3.49. The molecule has 0 saturated heterocycles. The van der Waals surface area contributed by atoms with Gasteiger partial charge in [-0.2, -0.15) is 0 Å². The van der Waals surface area contributed by atoms with Gasteiger partial charge in [0.2, 0.25) is 0 Å². The minimum absolute atomic E-state index is 0.172. The number of halogens is 1. The first kappa shape index (κ1) is 21.9. The zero-order chi connectivity index (χ0) is 22.5. The van der Waals surface area contributed by atoms with Crippen molar-refractivity contribution in [2.75, 3.05) is 13.2 Å². The summed E-state index contributed by atoms with van der Waals surface area (Å²) in [6, 6.07) is 22.4. The Kier molecular flexibility index (Phi) is 6.75. The summed E-state index contributed by atoms with van der Waals surface area (Å²) in [6.45, 7) is 0.174. The van der Waals surface area contributed by atoms with Crippen LogP contribution in [0.1, 0.15) is 28.3 Å². The van der Waals surface area contributed by atoms with Gasteiger partial charge in [-0.25, -0.2) is 9.59 Å². The molecule has 1 N–H and O–H groups in total. The van der Waals surface area contributed by atoms with Crippen LogP contribution in [-0.2, 0) is 22.6 Å². The average molecular weight is 496 g/mol. The van der Waals surface area contributed by atoms with Crippen molar-refractivity contribution in [3.8, 4) is 5.75 Å². The van der Waals surface area contributed by atoms with Crippen LogP contribution in [0.4, 0.5) is 4.79 Å². The van der Waals surface area contributed by atoms with Gasteiger partial charge in [0.05, 0.1) is 6.04 Å². The summed E-state index contributed by atoms with van der Waals surface area (Å²) in [5, 5.41) is 9.09. The van der Waals surface area contributed by atoms with Crippen LogP contribution in [0.15, 0.2) is 77.3 Å². The summed E-state index contributed by atoms with van der Waals surface area (Å²) < 4.78 is 12.0. The fourth-order valence-electron chi connectivity index (χ4n) is 3.90. The Labute approximate surface area is 194 Å². The van der Waals surface area contributed by atoms with E-state index in [1.165, 1.54) is 0 Å². The highest BCUT2D eigenvalue weighted by Gasteiger charge is 2.35. The summed E-state index contributed by atoms with van der Waals surface area (Å²) in [6.07, 6.45) is 0.268. The number of hydrogen-bond acceptors (Lipinski definition) is 4. The van der Waals surface area contributed by atoms with Gasteiger partial charge >= 0.3 is 12.1 Å². The molecule has 6 nitrogen and oxygen atoms in total. The zero-order valence-electron chi connectivity index (χ0n) is 17.2. The number of fused-ring (bicyclic) bond motifs is 1. The van der Waals surface area contributed by atoms with Crippen LogP contribution in [0, 0.1) is 0 Å². The van der Waals surface area contributed by atoms with Crippen LogP contribution in [0.25, 0.3) is 0 Å². The molecule has 0 spiro atoms. The number of aliphatic carboxylic acids is 1. The van der Waals surface area contributed by atoms with E-state index in [0.29, 0.717) is 24.3 Å². The Morgan fingerprint density at radius 3 is 2.53 bits per heavy atom. The van der Waals surface area contributed by atoms with Gasteiger partial charge in [-0.1, -0.05) is 70.5 Å². The molecule has 0 aromatic heterocycles. The number of nitrogens with zero attached hydrogens (tertiary/aromatic N) is 1. The molecule has 3 aromatic rings. The maximum atomic E-state index is 13.2. The van der Waals surface area contributed by atoms with E-state index in [0.717, 1.165) is 21.2 Å². The highest BCUT2D eigenvalue weighted by atomic mass is 79.9. The molecular weight excluding hydrogens is 474 g/mol. The van der Waals surface area contributed by atoms with E-state index >= 15 is 0 Å². The van der Waals surface area contributed by atoms with Gasteiger partial charge in [0, 0.05) is 16.6 Å². The summed E-state index contributed by atoms with van der Waals surface area (Å²) in [4.78, 5) is 26.0. The zero-order valence-corrected chi connectivity index (χ0v) is 18.8. The van der Waals surface area contributed by atoms with E-state index in [9.17, 15) is 9.59 Å². The van der Waals surface area contributed by atoms with Crippen molar-refractivity contribution >= 4 is 28.0 Å². The molecule has 0 aliphatic carbocycles. The van der Waals surface area contributed by atoms with Crippen molar-refractivity contribution in [3.63, 3.8) is 0 Å². The van der Waals surface area contributed by atoms with Gasteiger partial charge < -0.3 is 14.6 Å². The van der Waals surface area contributed by atoms with Crippen LogP contribution in [0.3, 0.4) is 0 Å². The first-order valence-electron chi connectivity index (χ1n) is 10.2. The quantitative estimate of drug-likeness (QED) is 0.508. The standard InChI is InChI=1S/C25H22BrNO5/c26-19-10-11-22(31-16-23(28)29)21(14-19)24-20-9-5-4-8-18(20)12-13-27(24)25(30)32-15-17-6-2-1-3-7-17/h1-11,14,24H,12-13,15-16H2,(H,28,29). The Morgan fingerprint density at radius 2 is 1.75 bits per heavy atom. The Hall–Kier alpha value is -3.32. The lowest BCUT2D eigenvalue weighted by molar-refractivity contribution is -0.139. The normalized spacial score (nSPS) is 15.0. The lowest BCUT2D eigenvalue weighted by Crippen LogP contribution is -2.41. The van der Waals surface area contributed by atoms with Crippen LogP contribution in [0.5, 0.6) is 5.75 Å². The number of benzene rings is 3. The smallest absolute Gasteiger partial charge is 0.410 e. The molecule has 4 rings (SSSR count). The molecule has 1 amide bonds. The van der Waals surface area contributed by atoms with Gasteiger partial charge in [-0.3, -0.25) is 4.90 Å². The number of rotatable bonds is 6. The van der Waals surface area contributed by atoms with Gasteiger partial charge in [0.1, 0.15) is 12.4 Å². The molecule has 0 radical (unpaired) electrons. The SMILES string of the molecule is O=C(O)COc1ccc(Br)cc1C1c2ccccc2CCN1C(=O)OCc1ccccc1. The lowest BCUT2D eigenvalue weighted by atomic mass is 9.88. The molecule has 1 atom stereocenters. The third-order valence-corrected chi connectivity index (χ3v) is 5.83. The van der Waals surface area contributed by atoms with Gasteiger partial charge in [0.15, 0.2) is 6.61 Å². The molecule has 164 valence electrons. The molecule has 1 heterocycles. The van der Waals surface area contributed by atoms with E-state index in [2.05, 4.69) is 15.9 Å². The number of carboxylic acids is 1. The number of carbonyl (C=O) groups excluding carboxylic acids is 1. The predicted octanol–water partition coefficient (Wildman–Crippen LogP) is 5.20. The summed E-state index contributed by atoms with van der Waals surface area (Å²) in [7, 11) is 0. The van der Waals surface area contributed by atoms with Crippen LogP contribution < -0.4 is 4.74 Å². The van der Waals surface area contributed by atoms with E-state index in [1.807, 2.05) is 60.7 Å². The second kappa shape index (κ2) is 9.87. The van der Waals surface area contributed by atoms with Crippen molar-refractivity contribution in [2.24, 2.45) is 0 Å². The van der Waals surface area contributed by atoms with Crippen molar-refractivity contribution in [1.82, 2.24) is 4.90 Å². The second-order valence-corrected chi connectivity index (χ2v) is 8.37. The molecular formula is C25H22BrNO5. The third-order valence-electron chi connectivity index (χ3n) is 5.34. The van der Waals surface area contributed by atoms with E-state index in [1.54, 1.807) is 17.0 Å². The summed E-state index contributed by atoms with van der Waals surface area (Å²) in [5.41, 5.74) is 3.70. The van der Waals surface area contributed by atoms with Crippen LogP contribution >= 0.6 is 15.9 Å². The maximum absolute atomic E-state index is 13.2. The molecule has 0 bridgehead atoms. The number of hydrogen-bond donors (Lipinski definition) is 1. The fraction of sp³-hybridized carbons (Fsp3) is 0.200. The van der Waals surface area contributed by atoms with Gasteiger partial charge in [-0.05, 0) is 41.3 Å². The Balaban J connectivity index is 1.69. The average Bonchev–Trinajstić information content (AvgIpc) is 2.81. The number of amides is 1. The molecule has 7 heteroatoms. The first-order valence-corrected chi connectivity index (χ1v) is 11.0. The molecule has 0 saturated carbocycles. The molecule has 3 aromatic carbocycles. The second-order valence-electron chi connectivity index (χ2n) is 7.45. The molecule has 1 unspecified atom stereocenters. The lowest BCUT2D eigenvalue weighted by Gasteiger charge is -2.37. The minimum atomic E-state index is -1.07. The topological polar surface area (TPSA) is 76.1 Å². The maximum Gasteiger partial charge on any atom is 0.410 e. The minimum Gasteiger partial charge on any atom is -0.482 e. The highest BCUT2D eigenvalue weighted by Crippen LogP contribution is 2.40. The van der Waals surface area contributed by atoms with Crippen molar-refractivity contribution in [2.45, 2.75) is 19.1 Å². The number of ether oxygens (including phenoxy) is 2. The van der Waals surface area contributed by atoms with Crippen LogP contribution in [0.2, 0.25) is 0 Å². The number of carbonyl (C=O) groups is 2. The van der Waals surface area contributed by atoms with Crippen molar-refractivity contribution in [3.05, 3.63) is 99.5 Å². The van der Waals surface area contributed by atoms with Crippen LogP contribution in [-0.4, -0.2) is 35.2 Å². The Bertz CT molecular complexity index is 1120. The Morgan fingerprint density at radius 1 is 1.00 bits per heavy atom. The largest absolute Gasteiger partial charge is 0.482 e. The van der Waals surface area contributed by atoms with Crippen molar-refractivity contribution in [1.29, 1.82) is 0 Å². The molecule has 0 fully saturated rings. The molecule has 1 aliphatic rings. The van der Waals surface area contributed by atoms with E-state index in [-0.39, 0.29) is 6.61 Å². The summed E-state index contributed by atoms with van der Waals surface area (Å²) in [5.74, 6) is -0.653. The monoisotopic (exact) mass is 495 g/mol. The first-order chi connectivity index (χ1) is 15.5. The third kappa shape index (κ3) is 4.94. The fourth-order valence-corrected chi connectivity index (χ4v) is 4.28.